The quantitative estimate of drug-likeness (QED) is 0.0202. The van der Waals surface area contributed by atoms with Gasteiger partial charge < -0.3 is 14.2 Å². The molecule has 0 aliphatic rings. The molecule has 0 heterocycles. The van der Waals surface area contributed by atoms with Gasteiger partial charge in [-0.25, -0.2) is 0 Å². The topological polar surface area (TPSA) is 78.9 Å². The molecule has 1 unspecified atom stereocenters. The van der Waals surface area contributed by atoms with Gasteiger partial charge in [-0.1, -0.05) is 189 Å². The van der Waals surface area contributed by atoms with Crippen molar-refractivity contribution in [1.82, 2.24) is 0 Å². The first-order valence-corrected chi connectivity index (χ1v) is 23.3. The largest absolute Gasteiger partial charge is 0.462 e. The zero-order valence-corrected chi connectivity index (χ0v) is 37.3. The fraction of sp³-hybridized carbons (Fsp3) is 0.635. The Bertz CT molecular complexity index is 1200. The second-order valence-electron chi connectivity index (χ2n) is 15.1. The summed E-state index contributed by atoms with van der Waals surface area (Å²) in [5, 5.41) is 0. The van der Waals surface area contributed by atoms with Crippen molar-refractivity contribution in [1.29, 1.82) is 0 Å². The molecule has 328 valence electrons. The summed E-state index contributed by atoms with van der Waals surface area (Å²) in [6, 6.07) is 0. The van der Waals surface area contributed by atoms with Crippen molar-refractivity contribution in [2.24, 2.45) is 0 Å². The molecular formula is C52H84O6. The molecule has 58 heavy (non-hydrogen) atoms. The van der Waals surface area contributed by atoms with Crippen LogP contribution in [0.25, 0.3) is 0 Å². The van der Waals surface area contributed by atoms with Crippen molar-refractivity contribution in [2.45, 2.75) is 200 Å². The zero-order valence-electron chi connectivity index (χ0n) is 37.3. The molecule has 0 saturated heterocycles. The smallest absolute Gasteiger partial charge is 0.306 e. The van der Waals surface area contributed by atoms with Crippen LogP contribution in [0.2, 0.25) is 0 Å². The van der Waals surface area contributed by atoms with Gasteiger partial charge in [0, 0.05) is 19.3 Å². The van der Waals surface area contributed by atoms with Crippen LogP contribution in [0.4, 0.5) is 0 Å². The van der Waals surface area contributed by atoms with E-state index in [2.05, 4.69) is 81.5 Å². The zero-order chi connectivity index (χ0) is 42.3. The van der Waals surface area contributed by atoms with E-state index in [1.807, 2.05) is 36.5 Å². The molecule has 0 fully saturated rings. The molecule has 0 aromatic carbocycles. The van der Waals surface area contributed by atoms with E-state index in [9.17, 15) is 14.4 Å². The highest BCUT2D eigenvalue weighted by atomic mass is 16.6. The van der Waals surface area contributed by atoms with Gasteiger partial charge in [0.2, 0.25) is 0 Å². The van der Waals surface area contributed by atoms with Gasteiger partial charge in [0.05, 0.1) is 0 Å². The minimum Gasteiger partial charge on any atom is -0.462 e. The van der Waals surface area contributed by atoms with Gasteiger partial charge in [0.1, 0.15) is 13.2 Å². The van der Waals surface area contributed by atoms with E-state index in [1.165, 1.54) is 57.8 Å². The molecule has 6 heteroatoms. The van der Waals surface area contributed by atoms with Crippen LogP contribution in [0.1, 0.15) is 194 Å². The van der Waals surface area contributed by atoms with E-state index in [-0.39, 0.29) is 37.5 Å². The summed E-state index contributed by atoms with van der Waals surface area (Å²) in [7, 11) is 0. The normalized spacial score (nSPS) is 12.9. The van der Waals surface area contributed by atoms with Gasteiger partial charge in [-0.3, -0.25) is 14.4 Å². The summed E-state index contributed by atoms with van der Waals surface area (Å²) in [4.78, 5) is 37.7. The maximum absolute atomic E-state index is 12.7. The van der Waals surface area contributed by atoms with E-state index >= 15 is 0 Å². The van der Waals surface area contributed by atoms with Crippen LogP contribution >= 0.6 is 0 Å². The molecule has 0 aliphatic carbocycles. The second-order valence-corrected chi connectivity index (χ2v) is 15.1. The third-order valence-electron chi connectivity index (χ3n) is 9.45. The molecule has 0 saturated carbocycles. The number of allylic oxidation sites excluding steroid dienone is 16. The van der Waals surface area contributed by atoms with Crippen LogP contribution in [0.3, 0.4) is 0 Å². The Morgan fingerprint density at radius 1 is 0.362 bits per heavy atom. The second kappa shape index (κ2) is 46.0. The first kappa shape index (κ1) is 54.3. The number of hydrogen-bond acceptors (Lipinski definition) is 6. The summed E-state index contributed by atoms with van der Waals surface area (Å²) in [6.45, 7) is 6.34. The molecule has 0 aromatic rings. The van der Waals surface area contributed by atoms with Crippen molar-refractivity contribution in [3.8, 4) is 0 Å². The number of rotatable bonds is 40. The van der Waals surface area contributed by atoms with E-state index in [1.54, 1.807) is 0 Å². The van der Waals surface area contributed by atoms with Crippen LogP contribution in [-0.2, 0) is 28.6 Å². The van der Waals surface area contributed by atoms with Gasteiger partial charge in [-0.05, 0) is 83.5 Å². The SMILES string of the molecule is CC\C=C/C=C\C=C/C=C\CCCCCC(=O)OC(COC(=O)CCC/C=C\CCCCCC)COC(=O)CCCCCCC\C=C/C=C\C=C/CCCCCCC. The first-order valence-electron chi connectivity index (χ1n) is 23.3. The van der Waals surface area contributed by atoms with E-state index in [4.69, 9.17) is 14.2 Å². The lowest BCUT2D eigenvalue weighted by Crippen LogP contribution is -2.30. The minimum atomic E-state index is -0.816. The first-order chi connectivity index (χ1) is 28.5. The molecule has 0 aliphatic heterocycles. The average molecular weight is 805 g/mol. The van der Waals surface area contributed by atoms with Gasteiger partial charge >= 0.3 is 17.9 Å². The Morgan fingerprint density at radius 2 is 0.707 bits per heavy atom. The summed E-state index contributed by atoms with van der Waals surface area (Å²) < 4.78 is 16.6. The molecule has 0 spiro atoms. The fourth-order valence-electron chi connectivity index (χ4n) is 5.93. The molecule has 0 rings (SSSR count). The van der Waals surface area contributed by atoms with Gasteiger partial charge in [0.15, 0.2) is 6.10 Å². The van der Waals surface area contributed by atoms with Crippen LogP contribution in [-0.4, -0.2) is 37.2 Å². The molecule has 0 amide bonds. The number of unbranched alkanes of at least 4 members (excludes halogenated alkanes) is 18. The number of hydrogen-bond donors (Lipinski definition) is 0. The number of carbonyl (C=O) groups excluding carboxylic acids is 3. The predicted molar refractivity (Wildman–Crippen MR) is 247 cm³/mol. The van der Waals surface area contributed by atoms with Crippen LogP contribution < -0.4 is 0 Å². The Hall–Kier alpha value is -3.67. The minimum absolute atomic E-state index is 0.114. The molecule has 0 N–H and O–H groups in total. The molecular weight excluding hydrogens is 721 g/mol. The van der Waals surface area contributed by atoms with Crippen molar-refractivity contribution in [3.63, 3.8) is 0 Å². The molecule has 0 radical (unpaired) electrons. The van der Waals surface area contributed by atoms with Gasteiger partial charge in [0.25, 0.3) is 0 Å². The number of esters is 3. The third-order valence-corrected chi connectivity index (χ3v) is 9.45. The highest BCUT2D eigenvalue weighted by Gasteiger charge is 2.19. The lowest BCUT2D eigenvalue weighted by Gasteiger charge is -2.18. The highest BCUT2D eigenvalue weighted by molar-refractivity contribution is 5.71. The van der Waals surface area contributed by atoms with E-state index < -0.39 is 6.10 Å². The Kier molecular flexibility index (Phi) is 43.1. The van der Waals surface area contributed by atoms with E-state index in [0.29, 0.717) is 25.7 Å². The lowest BCUT2D eigenvalue weighted by molar-refractivity contribution is -0.167. The summed E-state index contributed by atoms with van der Waals surface area (Å²) in [5.74, 6) is -1.02. The molecule has 0 aromatic heterocycles. The molecule has 0 bridgehead atoms. The highest BCUT2D eigenvalue weighted by Crippen LogP contribution is 2.12. The summed E-state index contributed by atoms with van der Waals surface area (Å²) in [6.07, 6.45) is 59.7. The number of ether oxygens (including phenoxy) is 3. The Morgan fingerprint density at radius 3 is 1.21 bits per heavy atom. The monoisotopic (exact) mass is 805 g/mol. The van der Waals surface area contributed by atoms with Crippen molar-refractivity contribution < 1.29 is 28.6 Å². The maximum Gasteiger partial charge on any atom is 0.306 e. The van der Waals surface area contributed by atoms with Crippen molar-refractivity contribution >= 4 is 17.9 Å². The standard InChI is InChI=1S/C52H84O6/c1-4-7-10-13-16-19-21-23-24-25-26-27-29-30-33-36-39-42-45-51(54)57-48-49(47-56-50(53)44-41-38-35-32-18-15-12-9-6-3)58-52(55)46-43-40-37-34-31-28-22-20-17-14-11-8-5-2/h8,11,14,17,20-28,31-32,35,49H,4-7,9-10,12-13,15-16,18-19,29-30,33-34,36-48H2,1-3H3/b11-8-,17-14-,22-20-,23-21-,25-24-,27-26-,31-28-,35-32-. The predicted octanol–water partition coefficient (Wildman–Crippen LogP) is 15.0. The van der Waals surface area contributed by atoms with Crippen molar-refractivity contribution in [3.05, 3.63) is 97.2 Å². The Balaban J connectivity index is 4.48. The van der Waals surface area contributed by atoms with Crippen LogP contribution in [0.5, 0.6) is 0 Å². The van der Waals surface area contributed by atoms with Crippen molar-refractivity contribution in [2.75, 3.05) is 13.2 Å². The lowest BCUT2D eigenvalue weighted by atomic mass is 10.1. The molecule has 6 nitrogen and oxygen atoms in total. The average Bonchev–Trinajstić information content (AvgIpc) is 3.22. The Labute approximate surface area is 356 Å². The van der Waals surface area contributed by atoms with Gasteiger partial charge in [-0.2, -0.15) is 0 Å². The summed E-state index contributed by atoms with van der Waals surface area (Å²) in [5.41, 5.74) is 0. The van der Waals surface area contributed by atoms with Gasteiger partial charge in [-0.15, -0.1) is 0 Å². The van der Waals surface area contributed by atoms with Crippen LogP contribution in [0.15, 0.2) is 97.2 Å². The fourth-order valence-corrected chi connectivity index (χ4v) is 5.93. The van der Waals surface area contributed by atoms with Crippen LogP contribution in [0, 0.1) is 0 Å². The van der Waals surface area contributed by atoms with E-state index in [0.717, 1.165) is 83.5 Å². The maximum atomic E-state index is 12.7. The number of carbonyl (C=O) groups is 3. The summed E-state index contributed by atoms with van der Waals surface area (Å²) >= 11 is 0. The third kappa shape index (κ3) is 43.5. The molecule has 1 atom stereocenters.